The summed E-state index contributed by atoms with van der Waals surface area (Å²) < 4.78 is 5.22. The second kappa shape index (κ2) is 7.22. The highest BCUT2D eigenvalue weighted by molar-refractivity contribution is 6.33. The van der Waals surface area contributed by atoms with E-state index in [0.717, 1.165) is 13.1 Å². The number of piperazine rings is 1. The van der Waals surface area contributed by atoms with Crippen molar-refractivity contribution in [1.82, 2.24) is 20.4 Å². The van der Waals surface area contributed by atoms with Gasteiger partial charge in [0.2, 0.25) is 0 Å². The van der Waals surface area contributed by atoms with Gasteiger partial charge in [-0.2, -0.15) is 4.98 Å². The van der Waals surface area contributed by atoms with Gasteiger partial charge in [-0.25, -0.2) is 0 Å². The van der Waals surface area contributed by atoms with E-state index in [4.69, 9.17) is 16.1 Å². The quantitative estimate of drug-likeness (QED) is 0.662. The van der Waals surface area contributed by atoms with Crippen LogP contribution in [0.2, 0.25) is 5.02 Å². The van der Waals surface area contributed by atoms with Crippen LogP contribution in [-0.2, 0) is 0 Å². The molecule has 2 heterocycles. The third kappa shape index (κ3) is 3.45. The number of nitrogens with one attached hydrogen (secondary N) is 1. The van der Waals surface area contributed by atoms with Crippen LogP contribution in [0.25, 0.3) is 11.5 Å². The van der Waals surface area contributed by atoms with Gasteiger partial charge >= 0.3 is 5.69 Å². The van der Waals surface area contributed by atoms with Gasteiger partial charge in [0.05, 0.1) is 11.0 Å². The molecule has 10 heteroatoms. The molecule has 0 saturated carbocycles. The fourth-order valence-corrected chi connectivity index (χ4v) is 2.69. The topological polar surface area (TPSA) is 97.3 Å². The SMILES string of the molecule is CN1CCNCC1c1noc(-c2cccc(Cl)c2[N+](=O)[O-])n1.Cl. The van der Waals surface area contributed by atoms with E-state index in [9.17, 15) is 10.1 Å². The number of nitrogens with zero attached hydrogens (tertiary/aromatic N) is 4. The van der Waals surface area contributed by atoms with E-state index in [2.05, 4.69) is 20.4 Å². The van der Waals surface area contributed by atoms with Gasteiger partial charge < -0.3 is 9.84 Å². The highest BCUT2D eigenvalue weighted by Gasteiger charge is 2.28. The molecule has 1 fully saturated rings. The van der Waals surface area contributed by atoms with Gasteiger partial charge in [0, 0.05) is 19.6 Å². The number of rotatable bonds is 3. The minimum absolute atomic E-state index is 0. The van der Waals surface area contributed by atoms with Crippen molar-refractivity contribution in [3.63, 3.8) is 0 Å². The Bertz CT molecular complexity index is 709. The summed E-state index contributed by atoms with van der Waals surface area (Å²) >= 11 is 5.90. The first-order chi connectivity index (χ1) is 10.6. The zero-order valence-electron chi connectivity index (χ0n) is 12.2. The molecule has 23 heavy (non-hydrogen) atoms. The predicted octanol–water partition coefficient (Wildman–Crippen LogP) is 2.30. The molecule has 1 aliphatic heterocycles. The number of likely N-dealkylation sites (N-methyl/N-ethyl adjacent to an activating group) is 1. The minimum Gasteiger partial charge on any atom is -0.334 e. The van der Waals surface area contributed by atoms with Crippen molar-refractivity contribution in [3.8, 4) is 11.5 Å². The van der Waals surface area contributed by atoms with E-state index in [0.29, 0.717) is 12.4 Å². The second-order valence-electron chi connectivity index (χ2n) is 5.05. The van der Waals surface area contributed by atoms with Crippen LogP contribution < -0.4 is 5.32 Å². The van der Waals surface area contributed by atoms with E-state index >= 15 is 0 Å². The zero-order valence-corrected chi connectivity index (χ0v) is 13.8. The van der Waals surface area contributed by atoms with E-state index in [-0.39, 0.29) is 40.6 Å². The molecule has 1 atom stereocenters. The van der Waals surface area contributed by atoms with E-state index in [1.54, 1.807) is 12.1 Å². The molecule has 1 unspecified atom stereocenters. The summed E-state index contributed by atoms with van der Waals surface area (Å²) in [4.78, 5) is 17.1. The average molecular weight is 360 g/mol. The van der Waals surface area contributed by atoms with Crippen molar-refractivity contribution in [1.29, 1.82) is 0 Å². The van der Waals surface area contributed by atoms with Crippen molar-refractivity contribution < 1.29 is 9.45 Å². The molecular formula is C13H15Cl2N5O3. The Morgan fingerprint density at radius 2 is 2.30 bits per heavy atom. The lowest BCUT2D eigenvalue weighted by Crippen LogP contribution is -2.44. The first-order valence-corrected chi connectivity index (χ1v) is 7.13. The normalized spacial score (nSPS) is 18.4. The maximum Gasteiger partial charge on any atom is 0.300 e. The number of benzene rings is 1. The highest BCUT2D eigenvalue weighted by atomic mass is 35.5. The van der Waals surface area contributed by atoms with Crippen LogP contribution in [0.1, 0.15) is 11.9 Å². The lowest BCUT2D eigenvalue weighted by Gasteiger charge is -2.30. The largest absolute Gasteiger partial charge is 0.334 e. The Hall–Kier alpha value is -1.74. The summed E-state index contributed by atoms with van der Waals surface area (Å²) in [6.07, 6.45) is 0. The van der Waals surface area contributed by atoms with Gasteiger partial charge in [-0.15, -0.1) is 12.4 Å². The summed E-state index contributed by atoms with van der Waals surface area (Å²) in [5.41, 5.74) is -0.00263. The molecule has 1 aromatic carbocycles. The molecule has 8 nitrogen and oxygen atoms in total. The maximum absolute atomic E-state index is 11.2. The molecule has 0 bridgehead atoms. The summed E-state index contributed by atoms with van der Waals surface area (Å²) in [6, 6.07) is 4.59. The highest BCUT2D eigenvalue weighted by Crippen LogP contribution is 2.35. The Kier molecular flexibility index (Phi) is 5.53. The standard InChI is InChI=1S/C13H14ClN5O3.ClH/c1-18-6-5-15-7-10(18)12-16-13(22-17-12)8-3-2-4-9(14)11(8)19(20)21;/h2-4,10,15H,5-7H2,1H3;1H. The van der Waals surface area contributed by atoms with Crippen molar-refractivity contribution in [3.05, 3.63) is 39.2 Å². The minimum atomic E-state index is -0.546. The molecule has 124 valence electrons. The van der Waals surface area contributed by atoms with Gasteiger partial charge in [0.1, 0.15) is 10.6 Å². The van der Waals surface area contributed by atoms with Gasteiger partial charge in [0.25, 0.3) is 5.89 Å². The molecule has 0 amide bonds. The van der Waals surface area contributed by atoms with Gasteiger partial charge in [-0.3, -0.25) is 15.0 Å². The fourth-order valence-electron chi connectivity index (χ4n) is 2.45. The summed E-state index contributed by atoms with van der Waals surface area (Å²) in [5.74, 6) is 0.599. The third-order valence-electron chi connectivity index (χ3n) is 3.65. The third-order valence-corrected chi connectivity index (χ3v) is 3.96. The number of halogens is 2. The van der Waals surface area contributed by atoms with Crippen LogP contribution in [-0.4, -0.2) is 46.6 Å². The maximum atomic E-state index is 11.2. The Morgan fingerprint density at radius 3 is 3.00 bits per heavy atom. The monoisotopic (exact) mass is 359 g/mol. The number of aromatic nitrogens is 2. The van der Waals surface area contributed by atoms with E-state index < -0.39 is 4.92 Å². The fraction of sp³-hybridized carbons (Fsp3) is 0.385. The van der Waals surface area contributed by atoms with Crippen LogP contribution >= 0.6 is 24.0 Å². The lowest BCUT2D eigenvalue weighted by molar-refractivity contribution is -0.384. The Labute approximate surface area is 143 Å². The summed E-state index contributed by atoms with van der Waals surface area (Å²) in [7, 11) is 1.98. The average Bonchev–Trinajstić information content (AvgIpc) is 2.96. The molecule has 1 N–H and O–H groups in total. The van der Waals surface area contributed by atoms with Gasteiger partial charge in [0.15, 0.2) is 5.82 Å². The van der Waals surface area contributed by atoms with Crippen molar-refractivity contribution in [2.75, 3.05) is 26.7 Å². The lowest BCUT2D eigenvalue weighted by atomic mass is 10.1. The van der Waals surface area contributed by atoms with Crippen LogP contribution in [0.5, 0.6) is 0 Å². The van der Waals surface area contributed by atoms with Gasteiger partial charge in [-0.1, -0.05) is 22.8 Å². The number of nitro groups is 1. The predicted molar refractivity (Wildman–Crippen MR) is 86.9 cm³/mol. The van der Waals surface area contributed by atoms with Crippen molar-refractivity contribution >= 4 is 29.7 Å². The molecule has 0 radical (unpaired) electrons. The van der Waals surface area contributed by atoms with Crippen LogP contribution in [0.15, 0.2) is 22.7 Å². The molecule has 2 aromatic rings. The second-order valence-corrected chi connectivity index (χ2v) is 5.46. The molecular weight excluding hydrogens is 345 g/mol. The molecule has 1 aromatic heterocycles. The Balaban J connectivity index is 0.00000192. The number of nitro benzene ring substituents is 1. The van der Waals surface area contributed by atoms with Gasteiger partial charge in [-0.05, 0) is 19.2 Å². The number of hydrogen-bond donors (Lipinski definition) is 1. The Morgan fingerprint density at radius 1 is 1.52 bits per heavy atom. The summed E-state index contributed by atoms with van der Waals surface area (Å²) in [5, 5.41) is 18.5. The first kappa shape index (κ1) is 17.6. The molecule has 3 rings (SSSR count). The zero-order chi connectivity index (χ0) is 15.7. The van der Waals surface area contributed by atoms with E-state index in [1.165, 1.54) is 6.07 Å². The number of hydrogen-bond acceptors (Lipinski definition) is 7. The van der Waals surface area contributed by atoms with E-state index in [1.807, 2.05) is 7.05 Å². The molecule has 0 aliphatic carbocycles. The van der Waals surface area contributed by atoms with Crippen molar-refractivity contribution in [2.45, 2.75) is 6.04 Å². The number of para-hydroxylation sites is 1. The van der Waals surface area contributed by atoms with Crippen LogP contribution in [0.4, 0.5) is 5.69 Å². The molecule has 1 saturated heterocycles. The summed E-state index contributed by atoms with van der Waals surface area (Å²) in [6.45, 7) is 2.47. The first-order valence-electron chi connectivity index (χ1n) is 6.75. The molecule has 0 spiro atoms. The van der Waals surface area contributed by atoms with Crippen molar-refractivity contribution in [2.24, 2.45) is 0 Å². The van der Waals surface area contributed by atoms with Crippen LogP contribution in [0.3, 0.4) is 0 Å². The molecule has 1 aliphatic rings. The van der Waals surface area contributed by atoms with Crippen LogP contribution in [0, 0.1) is 10.1 Å². The smallest absolute Gasteiger partial charge is 0.300 e.